The Bertz CT molecular complexity index is 1160. The summed E-state index contributed by atoms with van der Waals surface area (Å²) in [6.07, 6.45) is 4.04. The van der Waals surface area contributed by atoms with Crippen molar-refractivity contribution in [3.63, 3.8) is 0 Å². The Labute approximate surface area is 176 Å². The van der Waals surface area contributed by atoms with Gasteiger partial charge in [-0.15, -0.1) is 10.2 Å². The molecule has 2 heterocycles. The lowest BCUT2D eigenvalue weighted by molar-refractivity contribution is 0.745. The molecule has 0 bridgehead atoms. The van der Waals surface area contributed by atoms with Crippen LogP contribution >= 0.6 is 0 Å². The van der Waals surface area contributed by atoms with Gasteiger partial charge in [0.1, 0.15) is 5.52 Å². The average molecular weight is 402 g/mol. The highest BCUT2D eigenvalue weighted by Gasteiger charge is 2.10. The van der Waals surface area contributed by atoms with Gasteiger partial charge in [-0.2, -0.15) is 10.1 Å². The molecule has 7 nitrogen and oxygen atoms in total. The fraction of sp³-hybridized carbons (Fsp3) is 0.304. The maximum absolute atomic E-state index is 4.50. The van der Waals surface area contributed by atoms with Gasteiger partial charge in [-0.3, -0.25) is 0 Å². The number of aryl methyl sites for hydroxylation is 1. The minimum absolute atomic E-state index is 0.358. The summed E-state index contributed by atoms with van der Waals surface area (Å²) in [6.45, 7) is 8.62. The van der Waals surface area contributed by atoms with Crippen molar-refractivity contribution in [2.45, 2.75) is 33.6 Å². The number of anilines is 2. The summed E-state index contributed by atoms with van der Waals surface area (Å²) >= 11 is 0. The first-order valence-corrected chi connectivity index (χ1v) is 10.5. The standard InChI is InChI=1S/C23H27N7/c1-4-13-30(14-5-2)18-11-9-17(10-12-18)15-24-28-23-26-22-21(27-29-23)19-8-6-7-16(3)20(19)25-22/h6-12,15H,4-5,13-14H2,1-3H3,(H2,25,26,28,29)/b24-15+. The zero-order chi connectivity index (χ0) is 20.9. The molecular formula is C23H27N7. The molecule has 2 aromatic heterocycles. The monoisotopic (exact) mass is 401 g/mol. The van der Waals surface area contributed by atoms with Gasteiger partial charge in [0.15, 0.2) is 5.65 Å². The predicted molar refractivity (Wildman–Crippen MR) is 124 cm³/mol. The fourth-order valence-corrected chi connectivity index (χ4v) is 3.64. The number of para-hydroxylation sites is 1. The third kappa shape index (κ3) is 4.10. The molecule has 4 aromatic rings. The molecule has 2 N–H and O–H groups in total. The van der Waals surface area contributed by atoms with Crippen LogP contribution in [0, 0.1) is 6.92 Å². The number of aromatic amines is 1. The van der Waals surface area contributed by atoms with Crippen molar-refractivity contribution in [2.24, 2.45) is 5.10 Å². The van der Waals surface area contributed by atoms with Crippen LogP contribution in [0.15, 0.2) is 47.6 Å². The molecule has 154 valence electrons. The highest BCUT2D eigenvalue weighted by atomic mass is 15.4. The highest BCUT2D eigenvalue weighted by molar-refractivity contribution is 6.04. The number of H-pyrrole nitrogens is 1. The first-order chi connectivity index (χ1) is 14.7. The summed E-state index contributed by atoms with van der Waals surface area (Å²) in [6, 6.07) is 14.5. The van der Waals surface area contributed by atoms with Crippen LogP contribution in [0.5, 0.6) is 0 Å². The largest absolute Gasteiger partial charge is 0.372 e. The van der Waals surface area contributed by atoms with Gasteiger partial charge in [-0.25, -0.2) is 5.43 Å². The van der Waals surface area contributed by atoms with E-state index in [1.165, 1.54) is 5.69 Å². The van der Waals surface area contributed by atoms with Gasteiger partial charge in [-0.1, -0.05) is 44.2 Å². The molecular weight excluding hydrogens is 374 g/mol. The van der Waals surface area contributed by atoms with E-state index in [0.29, 0.717) is 11.6 Å². The first-order valence-electron chi connectivity index (χ1n) is 10.5. The van der Waals surface area contributed by atoms with E-state index in [4.69, 9.17) is 0 Å². The third-order valence-corrected chi connectivity index (χ3v) is 5.08. The summed E-state index contributed by atoms with van der Waals surface area (Å²) in [4.78, 5) is 10.2. The molecule has 0 aliphatic heterocycles. The van der Waals surface area contributed by atoms with Crippen molar-refractivity contribution in [1.29, 1.82) is 0 Å². The molecule has 0 aliphatic rings. The maximum atomic E-state index is 4.50. The fourth-order valence-electron chi connectivity index (χ4n) is 3.64. The Balaban J connectivity index is 1.47. The highest BCUT2D eigenvalue weighted by Crippen LogP contribution is 2.24. The van der Waals surface area contributed by atoms with Gasteiger partial charge in [0.05, 0.1) is 11.7 Å². The second-order valence-electron chi connectivity index (χ2n) is 7.40. The van der Waals surface area contributed by atoms with Gasteiger partial charge >= 0.3 is 0 Å². The van der Waals surface area contributed by atoms with E-state index in [1.54, 1.807) is 6.21 Å². The SMILES string of the molecule is CCCN(CCC)c1ccc(/C=N/Nc2nnc3c(n2)[nH]c2c(C)cccc23)cc1. The van der Waals surface area contributed by atoms with Gasteiger partial charge in [0, 0.05) is 24.2 Å². The van der Waals surface area contributed by atoms with Crippen LogP contribution in [0.4, 0.5) is 11.6 Å². The van der Waals surface area contributed by atoms with Crippen LogP contribution in [0.3, 0.4) is 0 Å². The lowest BCUT2D eigenvalue weighted by Gasteiger charge is -2.23. The minimum atomic E-state index is 0.358. The van der Waals surface area contributed by atoms with Crippen LogP contribution in [-0.2, 0) is 0 Å². The Morgan fingerprint density at radius 1 is 1.03 bits per heavy atom. The van der Waals surface area contributed by atoms with E-state index in [2.05, 4.69) is 86.7 Å². The lowest BCUT2D eigenvalue weighted by atomic mass is 10.1. The van der Waals surface area contributed by atoms with Crippen LogP contribution < -0.4 is 10.3 Å². The van der Waals surface area contributed by atoms with E-state index in [0.717, 1.165) is 53.5 Å². The average Bonchev–Trinajstić information content (AvgIpc) is 3.13. The molecule has 0 amide bonds. The summed E-state index contributed by atoms with van der Waals surface area (Å²) < 4.78 is 0. The number of hydrazone groups is 1. The van der Waals surface area contributed by atoms with E-state index in [9.17, 15) is 0 Å². The van der Waals surface area contributed by atoms with Gasteiger partial charge in [-0.05, 0) is 43.0 Å². The summed E-state index contributed by atoms with van der Waals surface area (Å²) in [5.41, 5.74) is 8.78. The van der Waals surface area contributed by atoms with Gasteiger partial charge < -0.3 is 9.88 Å². The second-order valence-corrected chi connectivity index (χ2v) is 7.40. The van der Waals surface area contributed by atoms with Crippen molar-refractivity contribution in [3.05, 3.63) is 53.6 Å². The maximum Gasteiger partial charge on any atom is 0.265 e. The van der Waals surface area contributed by atoms with E-state index < -0.39 is 0 Å². The van der Waals surface area contributed by atoms with Crippen LogP contribution in [0.1, 0.15) is 37.8 Å². The van der Waals surface area contributed by atoms with Crippen molar-refractivity contribution in [1.82, 2.24) is 20.2 Å². The molecule has 0 aliphatic carbocycles. The number of fused-ring (bicyclic) bond motifs is 3. The number of nitrogens with one attached hydrogen (secondary N) is 2. The molecule has 0 saturated carbocycles. The summed E-state index contributed by atoms with van der Waals surface area (Å²) in [5, 5.41) is 13.8. The number of nitrogens with zero attached hydrogens (tertiary/aromatic N) is 5. The van der Waals surface area contributed by atoms with Crippen LogP contribution in [-0.4, -0.2) is 39.5 Å². The Kier molecular flexibility index (Phi) is 5.88. The Morgan fingerprint density at radius 2 is 1.80 bits per heavy atom. The van der Waals surface area contributed by atoms with Crippen molar-refractivity contribution >= 4 is 39.9 Å². The summed E-state index contributed by atoms with van der Waals surface area (Å²) in [7, 11) is 0. The number of benzene rings is 2. The molecule has 30 heavy (non-hydrogen) atoms. The molecule has 0 saturated heterocycles. The van der Waals surface area contributed by atoms with Crippen LogP contribution in [0.25, 0.3) is 22.1 Å². The molecule has 0 radical (unpaired) electrons. The first kappa shape index (κ1) is 19.8. The number of rotatable bonds is 8. The zero-order valence-electron chi connectivity index (χ0n) is 17.7. The number of aromatic nitrogens is 4. The number of hydrogen-bond donors (Lipinski definition) is 2. The normalized spacial score (nSPS) is 11.6. The van der Waals surface area contributed by atoms with Crippen LogP contribution in [0.2, 0.25) is 0 Å². The van der Waals surface area contributed by atoms with E-state index >= 15 is 0 Å². The van der Waals surface area contributed by atoms with E-state index in [-0.39, 0.29) is 0 Å². The van der Waals surface area contributed by atoms with Crippen molar-refractivity contribution in [3.8, 4) is 0 Å². The molecule has 2 aromatic carbocycles. The second kappa shape index (κ2) is 8.90. The predicted octanol–water partition coefficient (Wildman–Crippen LogP) is 4.89. The number of hydrogen-bond acceptors (Lipinski definition) is 6. The van der Waals surface area contributed by atoms with Crippen molar-refractivity contribution in [2.75, 3.05) is 23.4 Å². The zero-order valence-corrected chi connectivity index (χ0v) is 17.7. The third-order valence-electron chi connectivity index (χ3n) is 5.08. The Hall–Kier alpha value is -3.48. The van der Waals surface area contributed by atoms with E-state index in [1.807, 2.05) is 12.1 Å². The molecule has 0 spiro atoms. The van der Waals surface area contributed by atoms with Gasteiger partial charge in [0.25, 0.3) is 5.95 Å². The Morgan fingerprint density at radius 3 is 2.53 bits per heavy atom. The minimum Gasteiger partial charge on any atom is -0.372 e. The lowest BCUT2D eigenvalue weighted by Crippen LogP contribution is -2.24. The molecule has 0 atom stereocenters. The topological polar surface area (TPSA) is 82.1 Å². The quantitative estimate of drug-likeness (QED) is 0.325. The van der Waals surface area contributed by atoms with Crippen molar-refractivity contribution < 1.29 is 0 Å². The smallest absolute Gasteiger partial charge is 0.265 e. The molecule has 0 unspecified atom stereocenters. The molecule has 0 fully saturated rings. The summed E-state index contributed by atoms with van der Waals surface area (Å²) in [5.74, 6) is 0.358. The molecule has 7 heteroatoms. The molecule has 4 rings (SSSR count). The van der Waals surface area contributed by atoms with Gasteiger partial charge in [0.2, 0.25) is 0 Å².